The highest BCUT2D eigenvalue weighted by Crippen LogP contribution is 2.22. The Kier molecular flexibility index (Phi) is 3.62. The van der Waals surface area contributed by atoms with Crippen LogP contribution in [0.25, 0.3) is 0 Å². The van der Waals surface area contributed by atoms with Crippen molar-refractivity contribution < 1.29 is 4.74 Å². The maximum atomic E-state index is 5.66. The smallest absolute Gasteiger partial charge is 0.328 e. The summed E-state index contributed by atoms with van der Waals surface area (Å²) in [5.41, 5.74) is 6.68. The summed E-state index contributed by atoms with van der Waals surface area (Å²) in [6.07, 6.45) is 0. The summed E-state index contributed by atoms with van der Waals surface area (Å²) < 4.78 is 5.45. The van der Waals surface area contributed by atoms with Crippen molar-refractivity contribution in [2.75, 3.05) is 5.73 Å². The molecule has 2 aromatic rings. The van der Waals surface area contributed by atoms with E-state index in [-0.39, 0.29) is 17.2 Å². The fourth-order valence-electron chi connectivity index (χ4n) is 1.42. The van der Waals surface area contributed by atoms with Gasteiger partial charge < -0.3 is 10.5 Å². The van der Waals surface area contributed by atoms with Crippen LogP contribution in [0.1, 0.15) is 25.3 Å². The van der Waals surface area contributed by atoms with Crippen LogP contribution >= 0.6 is 11.6 Å². The van der Waals surface area contributed by atoms with Gasteiger partial charge in [0.05, 0.1) is 0 Å². The van der Waals surface area contributed by atoms with Crippen molar-refractivity contribution >= 4 is 17.5 Å². The minimum Gasteiger partial charge on any atom is -0.424 e. The third-order valence-corrected chi connectivity index (χ3v) is 2.53. The highest BCUT2D eigenvalue weighted by atomic mass is 35.5. The first-order valence-electron chi connectivity index (χ1n) is 5.49. The Morgan fingerprint density at radius 2 is 1.78 bits per heavy atom. The predicted molar refractivity (Wildman–Crippen MR) is 69.9 cm³/mol. The van der Waals surface area contributed by atoms with E-state index in [1.54, 1.807) is 0 Å². The van der Waals surface area contributed by atoms with Crippen molar-refractivity contribution in [1.82, 2.24) is 15.0 Å². The van der Waals surface area contributed by atoms with Crippen LogP contribution in [0.15, 0.2) is 24.3 Å². The number of aromatic nitrogens is 3. The molecule has 0 spiro atoms. The van der Waals surface area contributed by atoms with Crippen molar-refractivity contribution in [3.05, 3.63) is 35.1 Å². The number of rotatable bonds is 3. The molecule has 0 radical (unpaired) electrons. The zero-order valence-corrected chi connectivity index (χ0v) is 10.8. The number of anilines is 1. The second-order valence-electron chi connectivity index (χ2n) is 4.07. The van der Waals surface area contributed by atoms with Gasteiger partial charge in [0.2, 0.25) is 11.2 Å². The normalized spacial score (nSPS) is 10.7. The Morgan fingerprint density at radius 1 is 1.11 bits per heavy atom. The number of nitrogen functional groups attached to an aromatic ring is 1. The van der Waals surface area contributed by atoms with Crippen LogP contribution in [0.5, 0.6) is 11.8 Å². The molecule has 1 aromatic heterocycles. The van der Waals surface area contributed by atoms with Crippen LogP contribution in [0.2, 0.25) is 5.28 Å². The summed E-state index contributed by atoms with van der Waals surface area (Å²) in [7, 11) is 0. The van der Waals surface area contributed by atoms with E-state index >= 15 is 0 Å². The lowest BCUT2D eigenvalue weighted by molar-refractivity contribution is 0.440. The molecule has 0 saturated carbocycles. The van der Waals surface area contributed by atoms with Crippen molar-refractivity contribution in [3.8, 4) is 11.8 Å². The molecule has 0 unspecified atom stereocenters. The first-order chi connectivity index (χ1) is 8.54. The average Bonchev–Trinajstić information content (AvgIpc) is 2.28. The third-order valence-electron chi connectivity index (χ3n) is 2.36. The van der Waals surface area contributed by atoms with Gasteiger partial charge >= 0.3 is 6.01 Å². The van der Waals surface area contributed by atoms with Gasteiger partial charge in [-0.2, -0.15) is 15.0 Å². The summed E-state index contributed by atoms with van der Waals surface area (Å²) in [6.45, 7) is 4.25. The van der Waals surface area contributed by atoms with E-state index in [9.17, 15) is 0 Å². The Bertz CT molecular complexity index is 522. The van der Waals surface area contributed by atoms with Crippen LogP contribution in [-0.2, 0) is 0 Å². The van der Waals surface area contributed by atoms with Crippen LogP contribution in [-0.4, -0.2) is 15.0 Å². The van der Waals surface area contributed by atoms with E-state index in [0.29, 0.717) is 11.7 Å². The molecule has 5 nitrogen and oxygen atoms in total. The highest BCUT2D eigenvalue weighted by Gasteiger charge is 2.05. The lowest BCUT2D eigenvalue weighted by Gasteiger charge is -2.07. The van der Waals surface area contributed by atoms with Crippen LogP contribution in [0.4, 0.5) is 5.95 Å². The van der Waals surface area contributed by atoms with Gasteiger partial charge in [-0.15, -0.1) is 0 Å². The zero-order valence-electron chi connectivity index (χ0n) is 10.1. The molecule has 0 saturated heterocycles. The number of halogens is 1. The van der Waals surface area contributed by atoms with E-state index in [1.165, 1.54) is 5.56 Å². The van der Waals surface area contributed by atoms with E-state index in [1.807, 2.05) is 24.3 Å². The standard InChI is InChI=1S/C12H13ClN4O/c1-7(2)8-3-5-9(6-4-8)18-12-16-10(13)15-11(14)17-12/h3-7H,1-2H3,(H2,14,15,16,17). The maximum Gasteiger partial charge on any atom is 0.328 e. The molecule has 1 heterocycles. The highest BCUT2D eigenvalue weighted by molar-refractivity contribution is 6.28. The Morgan fingerprint density at radius 3 is 2.33 bits per heavy atom. The van der Waals surface area contributed by atoms with Crippen molar-refractivity contribution in [2.24, 2.45) is 0 Å². The minimum atomic E-state index is 0.0105. The van der Waals surface area contributed by atoms with Crippen molar-refractivity contribution in [2.45, 2.75) is 19.8 Å². The lowest BCUT2D eigenvalue weighted by Crippen LogP contribution is -2.00. The summed E-state index contributed by atoms with van der Waals surface area (Å²) in [5, 5.41) is 0.0105. The lowest BCUT2D eigenvalue weighted by atomic mass is 10.0. The fourth-order valence-corrected chi connectivity index (χ4v) is 1.58. The van der Waals surface area contributed by atoms with Gasteiger partial charge in [0.1, 0.15) is 5.75 Å². The first-order valence-corrected chi connectivity index (χ1v) is 5.87. The van der Waals surface area contributed by atoms with E-state index in [4.69, 9.17) is 22.1 Å². The molecule has 0 aliphatic heterocycles. The summed E-state index contributed by atoms with van der Waals surface area (Å²) >= 11 is 5.66. The Hall–Kier alpha value is -1.88. The van der Waals surface area contributed by atoms with Gasteiger partial charge in [0, 0.05) is 0 Å². The molecular weight excluding hydrogens is 252 g/mol. The second-order valence-corrected chi connectivity index (χ2v) is 4.41. The van der Waals surface area contributed by atoms with Crippen LogP contribution < -0.4 is 10.5 Å². The number of hydrogen-bond acceptors (Lipinski definition) is 5. The Labute approximate surface area is 110 Å². The van der Waals surface area contributed by atoms with Crippen molar-refractivity contribution in [3.63, 3.8) is 0 Å². The predicted octanol–water partition coefficient (Wildman–Crippen LogP) is 3.02. The average molecular weight is 265 g/mol. The molecule has 0 bridgehead atoms. The van der Waals surface area contributed by atoms with Gasteiger partial charge in [0.25, 0.3) is 0 Å². The molecule has 94 valence electrons. The maximum absolute atomic E-state index is 5.66. The second kappa shape index (κ2) is 5.18. The molecule has 0 aliphatic rings. The quantitative estimate of drug-likeness (QED) is 0.922. The summed E-state index contributed by atoms with van der Waals surface area (Å²) in [6, 6.07) is 7.77. The largest absolute Gasteiger partial charge is 0.424 e. The monoisotopic (exact) mass is 264 g/mol. The van der Waals surface area contributed by atoms with E-state index < -0.39 is 0 Å². The van der Waals surface area contributed by atoms with Crippen molar-refractivity contribution in [1.29, 1.82) is 0 Å². The van der Waals surface area contributed by atoms with Gasteiger partial charge in [0.15, 0.2) is 0 Å². The molecule has 2 N–H and O–H groups in total. The molecule has 18 heavy (non-hydrogen) atoms. The molecule has 6 heteroatoms. The molecule has 0 amide bonds. The number of ether oxygens (including phenoxy) is 1. The molecule has 0 fully saturated rings. The SMILES string of the molecule is CC(C)c1ccc(Oc2nc(N)nc(Cl)n2)cc1. The van der Waals surface area contributed by atoms with Gasteiger partial charge in [-0.05, 0) is 35.2 Å². The van der Waals surface area contributed by atoms with Gasteiger partial charge in [-0.25, -0.2) is 0 Å². The van der Waals surface area contributed by atoms with Crippen LogP contribution in [0.3, 0.4) is 0 Å². The number of benzene rings is 1. The fraction of sp³-hybridized carbons (Fsp3) is 0.250. The van der Waals surface area contributed by atoms with E-state index in [0.717, 1.165) is 0 Å². The molecule has 0 aliphatic carbocycles. The molecule has 0 atom stereocenters. The molecule has 1 aromatic carbocycles. The van der Waals surface area contributed by atoms with E-state index in [2.05, 4.69) is 28.8 Å². The zero-order chi connectivity index (χ0) is 13.1. The minimum absolute atomic E-state index is 0.0105. The molecule has 2 rings (SSSR count). The third kappa shape index (κ3) is 3.07. The number of hydrogen-bond donors (Lipinski definition) is 1. The first kappa shape index (κ1) is 12.6. The summed E-state index contributed by atoms with van der Waals surface area (Å²) in [5.74, 6) is 1.13. The van der Waals surface area contributed by atoms with Gasteiger partial charge in [-0.1, -0.05) is 26.0 Å². The summed E-state index contributed by atoms with van der Waals surface area (Å²) in [4.78, 5) is 11.3. The topological polar surface area (TPSA) is 73.9 Å². The molecular formula is C12H13ClN4O. The van der Waals surface area contributed by atoms with Gasteiger partial charge in [-0.3, -0.25) is 0 Å². The number of nitrogens with two attached hydrogens (primary N) is 1. The number of nitrogens with zero attached hydrogens (tertiary/aromatic N) is 3. The van der Waals surface area contributed by atoms with Crippen LogP contribution in [0, 0.1) is 0 Å². The Balaban J connectivity index is 2.18.